The average molecular weight is 440 g/mol. The molecule has 31 heavy (non-hydrogen) atoms. The number of carbonyl (C=O) groups is 1. The van der Waals surface area contributed by atoms with E-state index in [0.717, 1.165) is 16.7 Å². The van der Waals surface area contributed by atoms with Crippen LogP contribution in [-0.4, -0.2) is 31.6 Å². The monoisotopic (exact) mass is 439 g/mol. The third kappa shape index (κ3) is 3.74. The third-order valence-electron chi connectivity index (χ3n) is 5.78. The Balaban J connectivity index is 1.93. The van der Waals surface area contributed by atoms with Crippen molar-refractivity contribution in [3.63, 3.8) is 0 Å². The fraction of sp³-hybridized carbons (Fsp3) is 0.240. The number of nitrogens with zero attached hydrogens (tertiary/aromatic N) is 1. The summed E-state index contributed by atoms with van der Waals surface area (Å²) < 4.78 is 26.0. The van der Waals surface area contributed by atoms with Crippen LogP contribution in [0.2, 0.25) is 5.02 Å². The van der Waals surface area contributed by atoms with Crippen molar-refractivity contribution in [1.29, 1.82) is 0 Å². The Kier molecular flexibility index (Phi) is 5.88. The molecule has 4 rings (SSSR count). The third-order valence-corrected chi connectivity index (χ3v) is 6.11. The second-order valence-corrected chi connectivity index (χ2v) is 7.91. The Bertz CT molecular complexity index is 1130. The van der Waals surface area contributed by atoms with Crippen LogP contribution in [0, 0.1) is 12.7 Å². The molecule has 1 atom stereocenters. The molecule has 0 fully saturated rings. The second kappa shape index (κ2) is 8.60. The van der Waals surface area contributed by atoms with Gasteiger partial charge in [-0.2, -0.15) is 0 Å². The first-order valence-corrected chi connectivity index (χ1v) is 10.4. The SMILES string of the molecule is COc1cc2c(cc1OC)C(c1c(F)cccc1Cl)N(C(=O)c1ccccc1C)CC2. The van der Waals surface area contributed by atoms with E-state index in [-0.39, 0.29) is 16.5 Å². The molecule has 1 heterocycles. The number of hydrogen-bond donors (Lipinski definition) is 0. The summed E-state index contributed by atoms with van der Waals surface area (Å²) in [6.45, 7) is 2.31. The predicted molar refractivity (Wildman–Crippen MR) is 119 cm³/mol. The Morgan fingerprint density at radius 3 is 2.45 bits per heavy atom. The van der Waals surface area contributed by atoms with Gasteiger partial charge in [0.2, 0.25) is 0 Å². The zero-order valence-electron chi connectivity index (χ0n) is 17.6. The lowest BCUT2D eigenvalue weighted by molar-refractivity contribution is 0.0691. The Morgan fingerprint density at radius 2 is 1.77 bits per heavy atom. The van der Waals surface area contributed by atoms with Crippen LogP contribution in [0.1, 0.15) is 38.7 Å². The van der Waals surface area contributed by atoms with E-state index in [1.165, 1.54) is 6.07 Å². The summed E-state index contributed by atoms with van der Waals surface area (Å²) in [5.41, 5.74) is 3.47. The molecular weight excluding hydrogens is 417 g/mol. The van der Waals surface area contributed by atoms with Crippen LogP contribution in [0.5, 0.6) is 11.5 Å². The molecular formula is C25H23ClFNO3. The second-order valence-electron chi connectivity index (χ2n) is 7.51. The summed E-state index contributed by atoms with van der Waals surface area (Å²) in [4.78, 5) is 15.3. The van der Waals surface area contributed by atoms with Crippen molar-refractivity contribution in [2.45, 2.75) is 19.4 Å². The van der Waals surface area contributed by atoms with Gasteiger partial charge in [0.05, 0.1) is 20.3 Å². The highest BCUT2D eigenvalue weighted by molar-refractivity contribution is 6.31. The summed E-state index contributed by atoms with van der Waals surface area (Å²) in [7, 11) is 3.13. The molecule has 3 aromatic carbocycles. The van der Waals surface area contributed by atoms with Crippen LogP contribution in [0.4, 0.5) is 4.39 Å². The van der Waals surface area contributed by atoms with Gasteiger partial charge in [0.25, 0.3) is 5.91 Å². The zero-order valence-corrected chi connectivity index (χ0v) is 18.4. The van der Waals surface area contributed by atoms with Crippen molar-refractivity contribution in [2.75, 3.05) is 20.8 Å². The average Bonchev–Trinajstić information content (AvgIpc) is 2.77. The van der Waals surface area contributed by atoms with E-state index in [1.54, 1.807) is 37.3 Å². The van der Waals surface area contributed by atoms with E-state index in [1.807, 2.05) is 37.3 Å². The highest BCUT2D eigenvalue weighted by Crippen LogP contribution is 2.44. The predicted octanol–water partition coefficient (Wildman–Crippen LogP) is 5.59. The number of aryl methyl sites for hydroxylation is 1. The van der Waals surface area contributed by atoms with Crippen molar-refractivity contribution in [3.8, 4) is 11.5 Å². The maximum Gasteiger partial charge on any atom is 0.254 e. The van der Waals surface area contributed by atoms with Crippen LogP contribution < -0.4 is 9.47 Å². The number of carbonyl (C=O) groups excluding carboxylic acids is 1. The molecule has 4 nitrogen and oxygen atoms in total. The molecule has 0 saturated carbocycles. The standard InChI is InChI=1S/C25H23ClFNO3/c1-15-7-4-5-8-17(15)25(29)28-12-11-16-13-21(30-2)22(31-3)14-18(16)24(28)23-19(26)9-6-10-20(23)27/h4-10,13-14,24H,11-12H2,1-3H3. The topological polar surface area (TPSA) is 38.8 Å². The molecule has 0 N–H and O–H groups in total. The van der Waals surface area contributed by atoms with Gasteiger partial charge in [-0.1, -0.05) is 35.9 Å². The van der Waals surface area contributed by atoms with Crippen LogP contribution in [0.25, 0.3) is 0 Å². The number of ether oxygens (including phenoxy) is 2. The van der Waals surface area contributed by atoms with Gasteiger partial charge in [-0.15, -0.1) is 0 Å². The molecule has 0 saturated heterocycles. The van der Waals surface area contributed by atoms with Crippen LogP contribution >= 0.6 is 11.6 Å². The first-order valence-electron chi connectivity index (χ1n) is 10.0. The number of rotatable bonds is 4. The summed E-state index contributed by atoms with van der Waals surface area (Å²) in [5, 5.41) is 0.273. The molecule has 0 aliphatic carbocycles. The highest BCUT2D eigenvalue weighted by atomic mass is 35.5. The fourth-order valence-electron chi connectivity index (χ4n) is 4.22. The lowest BCUT2D eigenvalue weighted by Crippen LogP contribution is -2.41. The summed E-state index contributed by atoms with van der Waals surface area (Å²) in [5.74, 6) is 0.493. The number of halogens is 2. The summed E-state index contributed by atoms with van der Waals surface area (Å²) >= 11 is 6.47. The van der Waals surface area contributed by atoms with Gasteiger partial charge in [0.1, 0.15) is 5.82 Å². The number of benzene rings is 3. The van der Waals surface area contributed by atoms with Gasteiger partial charge < -0.3 is 14.4 Å². The minimum absolute atomic E-state index is 0.164. The number of fused-ring (bicyclic) bond motifs is 1. The fourth-order valence-corrected chi connectivity index (χ4v) is 4.48. The van der Waals surface area contributed by atoms with Crippen molar-refractivity contribution < 1.29 is 18.7 Å². The van der Waals surface area contributed by atoms with E-state index in [4.69, 9.17) is 21.1 Å². The van der Waals surface area contributed by atoms with Crippen molar-refractivity contribution in [2.24, 2.45) is 0 Å². The lowest BCUT2D eigenvalue weighted by Gasteiger charge is -2.39. The lowest BCUT2D eigenvalue weighted by atomic mass is 9.86. The minimum Gasteiger partial charge on any atom is -0.493 e. The first-order chi connectivity index (χ1) is 15.0. The maximum absolute atomic E-state index is 15.1. The van der Waals surface area contributed by atoms with Crippen molar-refractivity contribution in [1.82, 2.24) is 4.90 Å². The van der Waals surface area contributed by atoms with Gasteiger partial charge in [-0.3, -0.25) is 4.79 Å². The van der Waals surface area contributed by atoms with Crippen LogP contribution in [0.15, 0.2) is 54.6 Å². The Labute approximate surface area is 186 Å². The molecule has 0 bridgehead atoms. The van der Waals surface area contributed by atoms with Gasteiger partial charge in [-0.05, 0) is 60.4 Å². The largest absolute Gasteiger partial charge is 0.493 e. The first kappa shape index (κ1) is 21.2. The molecule has 3 aromatic rings. The van der Waals surface area contributed by atoms with Gasteiger partial charge >= 0.3 is 0 Å². The summed E-state index contributed by atoms with van der Waals surface area (Å²) in [6.07, 6.45) is 0.607. The minimum atomic E-state index is -0.690. The summed E-state index contributed by atoms with van der Waals surface area (Å²) in [6, 6.07) is 15.0. The van der Waals surface area contributed by atoms with E-state index >= 15 is 4.39 Å². The van der Waals surface area contributed by atoms with E-state index in [9.17, 15) is 4.79 Å². The van der Waals surface area contributed by atoms with Gasteiger partial charge in [-0.25, -0.2) is 4.39 Å². The van der Waals surface area contributed by atoms with Gasteiger partial charge in [0.15, 0.2) is 11.5 Å². The van der Waals surface area contributed by atoms with E-state index in [0.29, 0.717) is 30.0 Å². The molecule has 6 heteroatoms. The zero-order chi connectivity index (χ0) is 22.1. The Hall–Kier alpha value is -3.05. The number of methoxy groups -OCH3 is 2. The van der Waals surface area contributed by atoms with Crippen molar-refractivity contribution >= 4 is 17.5 Å². The number of amides is 1. The smallest absolute Gasteiger partial charge is 0.254 e. The number of hydrogen-bond acceptors (Lipinski definition) is 3. The molecule has 1 aliphatic rings. The molecule has 0 radical (unpaired) electrons. The molecule has 0 spiro atoms. The quantitative estimate of drug-likeness (QED) is 0.531. The Morgan fingerprint density at radius 1 is 1.06 bits per heavy atom. The van der Waals surface area contributed by atoms with E-state index in [2.05, 4.69) is 0 Å². The highest BCUT2D eigenvalue weighted by Gasteiger charge is 2.36. The molecule has 1 amide bonds. The van der Waals surface area contributed by atoms with Crippen molar-refractivity contribution in [3.05, 3.63) is 93.3 Å². The van der Waals surface area contributed by atoms with Crippen LogP contribution in [-0.2, 0) is 6.42 Å². The van der Waals surface area contributed by atoms with E-state index < -0.39 is 11.9 Å². The normalized spacial score (nSPS) is 15.4. The van der Waals surface area contributed by atoms with Crippen LogP contribution in [0.3, 0.4) is 0 Å². The molecule has 1 unspecified atom stereocenters. The molecule has 160 valence electrons. The van der Waals surface area contributed by atoms with Gasteiger partial charge in [0, 0.05) is 22.7 Å². The maximum atomic E-state index is 15.1. The molecule has 0 aromatic heterocycles. The molecule has 1 aliphatic heterocycles.